The van der Waals surface area contributed by atoms with Crippen molar-refractivity contribution in [3.8, 4) is 11.5 Å². The van der Waals surface area contributed by atoms with E-state index < -0.39 is 0 Å². The van der Waals surface area contributed by atoms with E-state index in [1.54, 1.807) is 12.1 Å². The summed E-state index contributed by atoms with van der Waals surface area (Å²) in [6, 6.07) is 19.3. The first-order chi connectivity index (χ1) is 14.4. The summed E-state index contributed by atoms with van der Waals surface area (Å²) < 4.78 is 6.86. The topological polar surface area (TPSA) is 55.1 Å². The molecule has 4 rings (SSSR count). The summed E-state index contributed by atoms with van der Waals surface area (Å²) in [5.74, 6) is 0.866. The van der Waals surface area contributed by atoms with Crippen LogP contribution in [0, 0.1) is 6.92 Å². The molecule has 4 aromatic rings. The third-order valence-corrected chi connectivity index (χ3v) is 5.91. The number of nitrogens with zero attached hydrogens (tertiary/aromatic N) is 1. The van der Waals surface area contributed by atoms with Gasteiger partial charge in [0.2, 0.25) is 5.89 Å². The van der Waals surface area contributed by atoms with Gasteiger partial charge in [-0.15, -0.1) is 0 Å². The van der Waals surface area contributed by atoms with E-state index in [4.69, 9.17) is 9.40 Å². The zero-order valence-corrected chi connectivity index (χ0v) is 18.8. The first-order valence-corrected chi connectivity index (χ1v) is 10.8. The molecule has 30 heavy (non-hydrogen) atoms. The Morgan fingerprint density at radius 2 is 1.97 bits per heavy atom. The number of hydrogen-bond donors (Lipinski definition) is 1. The smallest absolute Gasteiger partial charge is 0.255 e. The Labute approximate surface area is 184 Å². The molecule has 152 valence electrons. The summed E-state index contributed by atoms with van der Waals surface area (Å²) >= 11 is 3.41. The highest BCUT2D eigenvalue weighted by Crippen LogP contribution is 2.30. The number of aryl methyl sites for hydroxylation is 1. The highest BCUT2D eigenvalue weighted by Gasteiger charge is 2.14. The summed E-state index contributed by atoms with van der Waals surface area (Å²) in [6.45, 7) is 6.35. The predicted octanol–water partition coefficient (Wildman–Crippen LogP) is 7.33. The fourth-order valence-corrected chi connectivity index (χ4v) is 3.72. The average molecular weight is 463 g/mol. The molecule has 0 aliphatic rings. The van der Waals surface area contributed by atoms with Crippen LogP contribution in [0.1, 0.15) is 47.7 Å². The number of rotatable bonds is 5. The van der Waals surface area contributed by atoms with Crippen molar-refractivity contribution in [2.24, 2.45) is 0 Å². The maximum atomic E-state index is 12.7. The minimum Gasteiger partial charge on any atom is -0.436 e. The summed E-state index contributed by atoms with van der Waals surface area (Å²) in [5.41, 5.74) is 5.99. The van der Waals surface area contributed by atoms with E-state index >= 15 is 0 Å². The second-order valence-electron chi connectivity index (χ2n) is 7.55. The van der Waals surface area contributed by atoms with Gasteiger partial charge in [0, 0.05) is 21.3 Å². The zero-order chi connectivity index (χ0) is 21.3. The third kappa shape index (κ3) is 4.17. The molecule has 0 spiro atoms. The average Bonchev–Trinajstić information content (AvgIpc) is 3.18. The molecule has 1 atom stereocenters. The minimum atomic E-state index is -0.160. The number of carbonyl (C=O) groups excluding carboxylic acids is 1. The fraction of sp³-hybridized carbons (Fsp3) is 0.200. The van der Waals surface area contributed by atoms with Crippen molar-refractivity contribution in [3.05, 3.63) is 81.8 Å². The maximum absolute atomic E-state index is 12.7. The minimum absolute atomic E-state index is 0.160. The lowest BCUT2D eigenvalue weighted by molar-refractivity contribution is 0.102. The van der Waals surface area contributed by atoms with Crippen LogP contribution < -0.4 is 5.32 Å². The monoisotopic (exact) mass is 462 g/mol. The number of halogens is 1. The number of carbonyl (C=O) groups is 1. The van der Waals surface area contributed by atoms with Crippen LogP contribution in [0.5, 0.6) is 0 Å². The van der Waals surface area contributed by atoms with Crippen molar-refractivity contribution < 1.29 is 9.21 Å². The van der Waals surface area contributed by atoms with Gasteiger partial charge < -0.3 is 9.73 Å². The molecule has 1 amide bonds. The molecule has 1 heterocycles. The number of aromatic nitrogens is 1. The van der Waals surface area contributed by atoms with E-state index in [1.165, 1.54) is 5.56 Å². The van der Waals surface area contributed by atoms with Gasteiger partial charge in [-0.2, -0.15) is 0 Å². The molecule has 5 heteroatoms. The first-order valence-electron chi connectivity index (χ1n) is 10.0. The summed E-state index contributed by atoms with van der Waals surface area (Å²) in [6.07, 6.45) is 1.08. The Hall–Kier alpha value is -2.92. The Morgan fingerprint density at radius 1 is 1.13 bits per heavy atom. The Bertz CT molecular complexity index is 1230. The van der Waals surface area contributed by atoms with Crippen LogP contribution in [0.3, 0.4) is 0 Å². The van der Waals surface area contributed by atoms with Gasteiger partial charge in [0.05, 0.1) is 0 Å². The largest absolute Gasteiger partial charge is 0.436 e. The number of hydrogen-bond acceptors (Lipinski definition) is 3. The third-order valence-electron chi connectivity index (χ3n) is 5.41. The van der Waals surface area contributed by atoms with Crippen molar-refractivity contribution in [3.63, 3.8) is 0 Å². The molecule has 0 aliphatic heterocycles. The van der Waals surface area contributed by atoms with Crippen LogP contribution in [0.25, 0.3) is 22.6 Å². The molecule has 1 aromatic heterocycles. The zero-order valence-electron chi connectivity index (χ0n) is 17.2. The van der Waals surface area contributed by atoms with Gasteiger partial charge in [0.25, 0.3) is 5.91 Å². The lowest BCUT2D eigenvalue weighted by atomic mass is 9.98. The number of anilines is 1. The van der Waals surface area contributed by atoms with E-state index in [-0.39, 0.29) is 5.91 Å². The van der Waals surface area contributed by atoms with E-state index in [2.05, 4.69) is 47.2 Å². The van der Waals surface area contributed by atoms with Gasteiger partial charge in [-0.25, -0.2) is 4.98 Å². The fourth-order valence-electron chi connectivity index (χ4n) is 3.32. The normalized spacial score (nSPS) is 12.1. The van der Waals surface area contributed by atoms with Crippen molar-refractivity contribution >= 4 is 38.6 Å². The lowest BCUT2D eigenvalue weighted by Crippen LogP contribution is -2.12. The lowest BCUT2D eigenvalue weighted by Gasteiger charge is -2.10. The summed E-state index contributed by atoms with van der Waals surface area (Å²) in [4.78, 5) is 17.4. The van der Waals surface area contributed by atoms with E-state index in [9.17, 15) is 4.79 Å². The molecule has 4 nitrogen and oxygen atoms in total. The Balaban J connectivity index is 1.65. The van der Waals surface area contributed by atoms with Crippen LogP contribution in [-0.4, -0.2) is 10.9 Å². The number of benzene rings is 3. The highest BCUT2D eigenvalue weighted by molar-refractivity contribution is 9.10. The van der Waals surface area contributed by atoms with E-state index in [1.807, 2.05) is 43.3 Å². The van der Waals surface area contributed by atoms with Crippen LogP contribution in [0.4, 0.5) is 5.69 Å². The molecule has 1 N–H and O–H groups in total. The van der Waals surface area contributed by atoms with Crippen molar-refractivity contribution in [2.75, 3.05) is 5.32 Å². The summed E-state index contributed by atoms with van der Waals surface area (Å²) in [5, 5.41) is 3.00. The molecule has 0 unspecified atom stereocenters. The van der Waals surface area contributed by atoms with Crippen molar-refractivity contribution in [2.45, 2.75) is 33.1 Å². The van der Waals surface area contributed by atoms with Gasteiger partial charge >= 0.3 is 0 Å². The second kappa shape index (κ2) is 8.44. The molecule has 0 aliphatic carbocycles. The standard InChI is InChI=1S/C25H23BrN2O2/c1-4-15(2)17-10-11-23-22(13-17)28-25(30-23)19-9-8-16(3)21(14-19)27-24(29)18-6-5-7-20(26)12-18/h5-15H,4H2,1-3H3,(H,27,29)/t15-/m0/s1. The Morgan fingerprint density at radius 3 is 2.73 bits per heavy atom. The van der Waals surface area contributed by atoms with Gasteiger partial charge in [-0.05, 0) is 72.9 Å². The van der Waals surface area contributed by atoms with Crippen LogP contribution in [0.2, 0.25) is 0 Å². The molecule has 0 radical (unpaired) electrons. The Kier molecular flexibility index (Phi) is 5.73. The van der Waals surface area contributed by atoms with Gasteiger partial charge in [-0.1, -0.05) is 48.0 Å². The molecule has 0 bridgehead atoms. The van der Waals surface area contributed by atoms with Gasteiger partial charge in [0.15, 0.2) is 5.58 Å². The van der Waals surface area contributed by atoms with Gasteiger partial charge in [-0.3, -0.25) is 4.79 Å². The molecule has 0 saturated heterocycles. The number of oxazole rings is 1. The first kappa shape index (κ1) is 20.4. The molecular formula is C25H23BrN2O2. The maximum Gasteiger partial charge on any atom is 0.255 e. The summed E-state index contributed by atoms with van der Waals surface area (Å²) in [7, 11) is 0. The quantitative estimate of drug-likeness (QED) is 0.337. The van der Waals surface area contributed by atoms with Gasteiger partial charge in [0.1, 0.15) is 5.52 Å². The highest BCUT2D eigenvalue weighted by atomic mass is 79.9. The van der Waals surface area contributed by atoms with Crippen molar-refractivity contribution in [1.82, 2.24) is 4.98 Å². The van der Waals surface area contributed by atoms with E-state index in [0.717, 1.165) is 38.8 Å². The molecular weight excluding hydrogens is 440 g/mol. The van der Waals surface area contributed by atoms with E-state index in [0.29, 0.717) is 17.4 Å². The number of fused-ring (bicyclic) bond motifs is 1. The molecule has 0 fully saturated rings. The molecule has 0 saturated carbocycles. The van der Waals surface area contributed by atoms with Crippen LogP contribution >= 0.6 is 15.9 Å². The predicted molar refractivity (Wildman–Crippen MR) is 125 cm³/mol. The number of amides is 1. The molecule has 3 aromatic carbocycles. The second-order valence-corrected chi connectivity index (χ2v) is 8.47. The number of nitrogens with one attached hydrogen (secondary N) is 1. The van der Waals surface area contributed by atoms with Crippen LogP contribution in [-0.2, 0) is 0 Å². The van der Waals surface area contributed by atoms with Crippen LogP contribution in [0.15, 0.2) is 69.6 Å². The van der Waals surface area contributed by atoms with Crippen molar-refractivity contribution in [1.29, 1.82) is 0 Å². The SMILES string of the molecule is CC[C@H](C)c1ccc2oc(-c3ccc(C)c(NC(=O)c4cccc(Br)c4)c3)nc2c1.